The van der Waals surface area contributed by atoms with Crippen LogP contribution in [0.3, 0.4) is 0 Å². The van der Waals surface area contributed by atoms with Crippen LogP contribution < -0.4 is 5.73 Å². The summed E-state index contributed by atoms with van der Waals surface area (Å²) in [5.41, 5.74) is 8.89. The molecule has 0 heterocycles. The van der Waals surface area contributed by atoms with Crippen molar-refractivity contribution in [1.29, 1.82) is 0 Å². The van der Waals surface area contributed by atoms with Crippen molar-refractivity contribution in [2.75, 3.05) is 5.75 Å². The minimum atomic E-state index is 0.205. The molecule has 0 saturated heterocycles. The smallest absolute Gasteiger partial charge is 0.0174 e. The van der Waals surface area contributed by atoms with Gasteiger partial charge >= 0.3 is 0 Å². The van der Waals surface area contributed by atoms with Gasteiger partial charge in [-0.3, -0.25) is 0 Å². The van der Waals surface area contributed by atoms with Crippen LogP contribution in [0.15, 0.2) is 59.5 Å². The van der Waals surface area contributed by atoms with Gasteiger partial charge in [-0.1, -0.05) is 42.5 Å². The molecule has 0 aromatic heterocycles. The van der Waals surface area contributed by atoms with Gasteiger partial charge in [0, 0.05) is 16.7 Å². The van der Waals surface area contributed by atoms with Gasteiger partial charge in [-0.15, -0.1) is 11.8 Å². The lowest BCUT2D eigenvalue weighted by Gasteiger charge is -2.13. The van der Waals surface area contributed by atoms with E-state index in [0.717, 1.165) is 12.2 Å². The lowest BCUT2D eigenvalue weighted by molar-refractivity contribution is 0.745. The molecule has 2 heteroatoms. The lowest BCUT2D eigenvalue weighted by atomic mass is 10.0. The van der Waals surface area contributed by atoms with Gasteiger partial charge in [-0.2, -0.15) is 0 Å². The molecule has 1 nitrogen and oxygen atoms in total. The van der Waals surface area contributed by atoms with E-state index in [2.05, 4.69) is 55.5 Å². The second kappa shape index (κ2) is 6.62. The van der Waals surface area contributed by atoms with Gasteiger partial charge in [0.05, 0.1) is 0 Å². The molecule has 0 spiro atoms. The number of hydrogen-bond donors (Lipinski definition) is 1. The average Bonchev–Trinajstić information content (AvgIpc) is 2.40. The topological polar surface area (TPSA) is 26.0 Å². The molecular weight excluding hydrogens is 238 g/mol. The fourth-order valence-corrected chi connectivity index (χ4v) is 2.77. The van der Waals surface area contributed by atoms with E-state index in [4.69, 9.17) is 5.73 Å². The van der Waals surface area contributed by atoms with Crippen molar-refractivity contribution >= 4 is 11.8 Å². The molecule has 0 fully saturated rings. The number of nitrogens with two attached hydrogens (primary N) is 1. The van der Waals surface area contributed by atoms with Gasteiger partial charge in [0.25, 0.3) is 0 Å². The summed E-state index contributed by atoms with van der Waals surface area (Å²) in [4.78, 5) is 1.29. The molecule has 0 radical (unpaired) electrons. The minimum absolute atomic E-state index is 0.205. The predicted octanol–water partition coefficient (Wildman–Crippen LogP) is 3.66. The van der Waals surface area contributed by atoms with Crippen molar-refractivity contribution in [3.63, 3.8) is 0 Å². The maximum atomic E-state index is 6.20. The number of benzene rings is 2. The SMILES string of the molecule is Cc1ccccc1CC(N)CSc1ccccc1. The van der Waals surface area contributed by atoms with E-state index in [1.54, 1.807) is 0 Å². The highest BCUT2D eigenvalue weighted by Gasteiger charge is 2.06. The summed E-state index contributed by atoms with van der Waals surface area (Å²) in [6.45, 7) is 2.15. The highest BCUT2D eigenvalue weighted by Crippen LogP contribution is 2.19. The number of aryl methyl sites for hydroxylation is 1. The first-order valence-corrected chi connectivity index (χ1v) is 7.22. The average molecular weight is 257 g/mol. The van der Waals surface area contributed by atoms with Gasteiger partial charge in [0.1, 0.15) is 0 Å². The highest BCUT2D eigenvalue weighted by atomic mass is 32.2. The Morgan fingerprint density at radius 1 is 1.00 bits per heavy atom. The maximum Gasteiger partial charge on any atom is 0.0174 e. The molecule has 94 valence electrons. The predicted molar refractivity (Wildman–Crippen MR) is 80.0 cm³/mol. The quantitative estimate of drug-likeness (QED) is 0.827. The Morgan fingerprint density at radius 2 is 1.67 bits per heavy atom. The molecule has 0 aliphatic carbocycles. The molecule has 0 aliphatic heterocycles. The monoisotopic (exact) mass is 257 g/mol. The van der Waals surface area contributed by atoms with Crippen LogP contribution in [-0.4, -0.2) is 11.8 Å². The van der Waals surface area contributed by atoms with Crippen LogP contribution in [0.4, 0.5) is 0 Å². The van der Waals surface area contributed by atoms with Crippen molar-refractivity contribution in [1.82, 2.24) is 0 Å². The Labute approximate surface area is 113 Å². The molecule has 0 bridgehead atoms. The van der Waals surface area contributed by atoms with E-state index in [1.807, 2.05) is 17.8 Å². The van der Waals surface area contributed by atoms with Crippen molar-refractivity contribution in [2.45, 2.75) is 24.3 Å². The molecule has 0 aliphatic rings. The van der Waals surface area contributed by atoms with Crippen LogP contribution in [0.1, 0.15) is 11.1 Å². The minimum Gasteiger partial charge on any atom is -0.327 e. The van der Waals surface area contributed by atoms with Gasteiger partial charge < -0.3 is 5.73 Å². The summed E-state index contributed by atoms with van der Waals surface area (Å²) in [5, 5.41) is 0. The van der Waals surface area contributed by atoms with E-state index in [0.29, 0.717) is 0 Å². The van der Waals surface area contributed by atoms with Crippen LogP contribution in [-0.2, 0) is 6.42 Å². The zero-order valence-electron chi connectivity index (χ0n) is 10.7. The summed E-state index contributed by atoms with van der Waals surface area (Å²) in [7, 11) is 0. The summed E-state index contributed by atoms with van der Waals surface area (Å²) < 4.78 is 0. The third-order valence-electron chi connectivity index (χ3n) is 2.95. The first-order valence-electron chi connectivity index (χ1n) is 6.23. The Balaban J connectivity index is 1.86. The standard InChI is InChI=1S/C16H19NS/c1-13-7-5-6-8-14(13)11-15(17)12-18-16-9-3-2-4-10-16/h2-10,15H,11-12,17H2,1H3. The van der Waals surface area contributed by atoms with Crippen molar-refractivity contribution in [3.05, 3.63) is 65.7 Å². The maximum absolute atomic E-state index is 6.20. The molecule has 0 amide bonds. The molecule has 1 atom stereocenters. The normalized spacial score (nSPS) is 12.3. The Kier molecular flexibility index (Phi) is 4.85. The summed E-state index contributed by atoms with van der Waals surface area (Å²) in [6.07, 6.45) is 0.951. The number of thioether (sulfide) groups is 1. The first kappa shape index (κ1) is 13.2. The molecule has 2 aromatic rings. The summed E-state index contributed by atoms with van der Waals surface area (Å²) in [6, 6.07) is 19.1. The van der Waals surface area contributed by atoms with Gasteiger partial charge in [-0.05, 0) is 36.6 Å². The summed E-state index contributed by atoms with van der Waals surface area (Å²) >= 11 is 1.83. The number of rotatable bonds is 5. The zero-order chi connectivity index (χ0) is 12.8. The fourth-order valence-electron chi connectivity index (χ4n) is 1.90. The lowest BCUT2D eigenvalue weighted by Crippen LogP contribution is -2.25. The largest absolute Gasteiger partial charge is 0.327 e. The van der Waals surface area contributed by atoms with E-state index in [-0.39, 0.29) is 6.04 Å². The van der Waals surface area contributed by atoms with Crippen LogP contribution >= 0.6 is 11.8 Å². The van der Waals surface area contributed by atoms with Crippen molar-refractivity contribution in [2.24, 2.45) is 5.73 Å². The van der Waals surface area contributed by atoms with Crippen LogP contribution in [0.5, 0.6) is 0 Å². The zero-order valence-corrected chi connectivity index (χ0v) is 11.5. The molecule has 0 saturated carbocycles. The third-order valence-corrected chi connectivity index (χ3v) is 4.15. The van der Waals surface area contributed by atoms with Crippen LogP contribution in [0.2, 0.25) is 0 Å². The highest BCUT2D eigenvalue weighted by molar-refractivity contribution is 7.99. The van der Waals surface area contributed by atoms with E-state index >= 15 is 0 Å². The molecule has 2 N–H and O–H groups in total. The van der Waals surface area contributed by atoms with Crippen LogP contribution in [0.25, 0.3) is 0 Å². The van der Waals surface area contributed by atoms with Crippen molar-refractivity contribution in [3.8, 4) is 0 Å². The van der Waals surface area contributed by atoms with Crippen LogP contribution in [0, 0.1) is 6.92 Å². The Morgan fingerprint density at radius 3 is 2.39 bits per heavy atom. The van der Waals surface area contributed by atoms with Gasteiger partial charge in [0.2, 0.25) is 0 Å². The van der Waals surface area contributed by atoms with E-state index < -0.39 is 0 Å². The third kappa shape index (κ3) is 3.90. The van der Waals surface area contributed by atoms with Gasteiger partial charge in [0.15, 0.2) is 0 Å². The molecular formula is C16H19NS. The fraction of sp³-hybridized carbons (Fsp3) is 0.250. The molecule has 1 unspecified atom stereocenters. The molecule has 18 heavy (non-hydrogen) atoms. The van der Waals surface area contributed by atoms with Crippen molar-refractivity contribution < 1.29 is 0 Å². The number of hydrogen-bond acceptors (Lipinski definition) is 2. The second-order valence-corrected chi connectivity index (χ2v) is 5.61. The Hall–Kier alpha value is -1.25. The summed E-state index contributed by atoms with van der Waals surface area (Å²) in [5.74, 6) is 0.957. The Bertz CT molecular complexity index is 481. The van der Waals surface area contributed by atoms with E-state index in [9.17, 15) is 0 Å². The first-order chi connectivity index (χ1) is 8.75. The molecule has 2 rings (SSSR count). The van der Waals surface area contributed by atoms with Gasteiger partial charge in [-0.25, -0.2) is 0 Å². The second-order valence-electron chi connectivity index (χ2n) is 4.51. The van der Waals surface area contributed by atoms with E-state index in [1.165, 1.54) is 16.0 Å². The molecule has 2 aromatic carbocycles.